The van der Waals surface area contributed by atoms with Gasteiger partial charge in [-0.15, -0.1) is 0 Å². The molecule has 3 aromatic rings. The Kier molecular flexibility index (Phi) is 5.52. The summed E-state index contributed by atoms with van der Waals surface area (Å²) in [4.78, 5) is 12.2. The van der Waals surface area contributed by atoms with Crippen LogP contribution in [0.4, 0.5) is 0 Å². The summed E-state index contributed by atoms with van der Waals surface area (Å²) in [6, 6.07) is 21.5. The normalized spacial score (nSPS) is 10.4. The van der Waals surface area contributed by atoms with Gasteiger partial charge in [-0.2, -0.15) is 0 Å². The molecule has 0 saturated heterocycles. The molecule has 1 N–H and O–H groups in total. The first kappa shape index (κ1) is 16.8. The SMILES string of the molecule is COc1cccc(OCCNC(=O)Cc2cccc3ccccc23)c1. The summed E-state index contributed by atoms with van der Waals surface area (Å²) in [7, 11) is 1.62. The van der Waals surface area contributed by atoms with E-state index in [4.69, 9.17) is 9.47 Å². The van der Waals surface area contributed by atoms with Crippen LogP contribution < -0.4 is 14.8 Å². The second-order valence-electron chi connectivity index (χ2n) is 5.69. The number of ether oxygens (including phenoxy) is 2. The van der Waals surface area contributed by atoms with Crippen molar-refractivity contribution in [1.82, 2.24) is 5.32 Å². The van der Waals surface area contributed by atoms with Crippen molar-refractivity contribution >= 4 is 16.7 Å². The van der Waals surface area contributed by atoms with E-state index in [9.17, 15) is 4.79 Å². The molecule has 0 aliphatic rings. The van der Waals surface area contributed by atoms with Crippen LogP contribution >= 0.6 is 0 Å². The third-order valence-corrected chi connectivity index (χ3v) is 3.97. The number of hydrogen-bond acceptors (Lipinski definition) is 3. The zero-order valence-electron chi connectivity index (χ0n) is 14.2. The predicted molar refractivity (Wildman–Crippen MR) is 99.2 cm³/mol. The summed E-state index contributed by atoms with van der Waals surface area (Å²) in [6.07, 6.45) is 0.362. The molecule has 0 radical (unpaired) electrons. The summed E-state index contributed by atoms with van der Waals surface area (Å²) >= 11 is 0. The second kappa shape index (κ2) is 8.20. The lowest BCUT2D eigenvalue weighted by atomic mass is 10.0. The summed E-state index contributed by atoms with van der Waals surface area (Å²) in [6.45, 7) is 0.870. The lowest BCUT2D eigenvalue weighted by Crippen LogP contribution is -2.29. The van der Waals surface area contributed by atoms with Crippen LogP contribution in [0.2, 0.25) is 0 Å². The third kappa shape index (κ3) is 4.51. The van der Waals surface area contributed by atoms with Crippen LogP contribution in [0.3, 0.4) is 0 Å². The van der Waals surface area contributed by atoms with E-state index in [2.05, 4.69) is 17.4 Å². The molecule has 128 valence electrons. The van der Waals surface area contributed by atoms with Crippen LogP contribution in [-0.2, 0) is 11.2 Å². The number of amides is 1. The molecule has 0 saturated carbocycles. The van der Waals surface area contributed by atoms with Crippen molar-refractivity contribution in [3.63, 3.8) is 0 Å². The fraction of sp³-hybridized carbons (Fsp3) is 0.190. The van der Waals surface area contributed by atoms with Gasteiger partial charge in [-0.1, -0.05) is 48.5 Å². The maximum absolute atomic E-state index is 12.2. The van der Waals surface area contributed by atoms with Gasteiger partial charge in [0.2, 0.25) is 5.91 Å². The fourth-order valence-corrected chi connectivity index (χ4v) is 2.73. The second-order valence-corrected chi connectivity index (χ2v) is 5.69. The Balaban J connectivity index is 1.49. The lowest BCUT2D eigenvalue weighted by molar-refractivity contribution is -0.120. The van der Waals surface area contributed by atoms with Gasteiger partial charge in [0, 0.05) is 6.07 Å². The van der Waals surface area contributed by atoms with Crippen molar-refractivity contribution in [3.05, 3.63) is 72.3 Å². The minimum Gasteiger partial charge on any atom is -0.497 e. The Morgan fingerprint density at radius 1 is 0.960 bits per heavy atom. The van der Waals surface area contributed by atoms with Crippen molar-refractivity contribution < 1.29 is 14.3 Å². The molecule has 1 amide bonds. The highest BCUT2D eigenvalue weighted by molar-refractivity contribution is 5.90. The van der Waals surface area contributed by atoms with Crippen molar-refractivity contribution in [1.29, 1.82) is 0 Å². The average Bonchev–Trinajstić information content (AvgIpc) is 2.66. The van der Waals surface area contributed by atoms with Crippen LogP contribution in [0.25, 0.3) is 10.8 Å². The third-order valence-electron chi connectivity index (χ3n) is 3.97. The molecule has 3 aromatic carbocycles. The van der Waals surface area contributed by atoms with Gasteiger partial charge < -0.3 is 14.8 Å². The minimum atomic E-state index is -0.00871. The highest BCUT2D eigenvalue weighted by Gasteiger charge is 2.06. The molecule has 4 heteroatoms. The van der Waals surface area contributed by atoms with Gasteiger partial charge in [0.15, 0.2) is 0 Å². The van der Waals surface area contributed by atoms with Gasteiger partial charge in [-0.05, 0) is 28.5 Å². The molecular weight excluding hydrogens is 314 g/mol. The van der Waals surface area contributed by atoms with Gasteiger partial charge in [0.05, 0.1) is 20.1 Å². The Labute approximate surface area is 147 Å². The van der Waals surface area contributed by atoms with Crippen LogP contribution in [0.5, 0.6) is 11.5 Å². The van der Waals surface area contributed by atoms with E-state index in [1.54, 1.807) is 7.11 Å². The molecule has 0 spiro atoms. The smallest absolute Gasteiger partial charge is 0.224 e. The fourth-order valence-electron chi connectivity index (χ4n) is 2.73. The van der Waals surface area contributed by atoms with Gasteiger partial charge in [-0.3, -0.25) is 4.79 Å². The molecule has 0 unspecified atom stereocenters. The van der Waals surface area contributed by atoms with Crippen LogP contribution in [0.1, 0.15) is 5.56 Å². The highest BCUT2D eigenvalue weighted by atomic mass is 16.5. The van der Waals surface area contributed by atoms with Crippen molar-refractivity contribution in [2.45, 2.75) is 6.42 Å². The topological polar surface area (TPSA) is 47.6 Å². The van der Waals surface area contributed by atoms with E-state index >= 15 is 0 Å². The number of rotatable bonds is 7. The zero-order chi connectivity index (χ0) is 17.5. The van der Waals surface area contributed by atoms with E-state index < -0.39 is 0 Å². The molecule has 4 nitrogen and oxygen atoms in total. The maximum atomic E-state index is 12.2. The Morgan fingerprint density at radius 3 is 2.60 bits per heavy atom. The van der Waals surface area contributed by atoms with E-state index in [1.165, 1.54) is 0 Å². The van der Waals surface area contributed by atoms with E-state index in [0.29, 0.717) is 19.6 Å². The van der Waals surface area contributed by atoms with E-state index in [1.807, 2.05) is 54.6 Å². The monoisotopic (exact) mass is 335 g/mol. The molecule has 0 atom stereocenters. The molecule has 3 rings (SSSR count). The number of nitrogens with one attached hydrogen (secondary N) is 1. The average molecular weight is 335 g/mol. The largest absolute Gasteiger partial charge is 0.497 e. The standard InChI is InChI=1S/C21H21NO3/c1-24-18-9-5-10-19(15-18)25-13-12-22-21(23)14-17-8-4-7-16-6-2-3-11-20(16)17/h2-11,15H,12-14H2,1H3,(H,22,23). The number of carbonyl (C=O) groups is 1. The predicted octanol–water partition coefficient (Wildman–Crippen LogP) is 3.59. The first-order valence-corrected chi connectivity index (χ1v) is 8.26. The van der Waals surface area contributed by atoms with Crippen LogP contribution in [0.15, 0.2) is 66.7 Å². The Morgan fingerprint density at radius 2 is 1.72 bits per heavy atom. The van der Waals surface area contributed by atoms with E-state index in [-0.39, 0.29) is 5.91 Å². The molecular formula is C21H21NO3. The van der Waals surface area contributed by atoms with Crippen molar-refractivity contribution in [3.8, 4) is 11.5 Å². The number of fused-ring (bicyclic) bond motifs is 1. The summed E-state index contributed by atoms with van der Waals surface area (Å²) < 4.78 is 10.8. The molecule has 0 bridgehead atoms. The first-order valence-electron chi connectivity index (χ1n) is 8.26. The van der Waals surface area contributed by atoms with Gasteiger partial charge in [-0.25, -0.2) is 0 Å². The van der Waals surface area contributed by atoms with Gasteiger partial charge in [0.1, 0.15) is 18.1 Å². The Bertz CT molecular complexity index is 855. The molecule has 0 aliphatic heterocycles. The van der Waals surface area contributed by atoms with Crippen molar-refractivity contribution in [2.24, 2.45) is 0 Å². The number of hydrogen-bond donors (Lipinski definition) is 1. The molecule has 0 fully saturated rings. The highest BCUT2D eigenvalue weighted by Crippen LogP contribution is 2.19. The van der Waals surface area contributed by atoms with Gasteiger partial charge in [0.25, 0.3) is 0 Å². The molecule has 25 heavy (non-hydrogen) atoms. The van der Waals surface area contributed by atoms with Crippen molar-refractivity contribution in [2.75, 3.05) is 20.3 Å². The van der Waals surface area contributed by atoms with Crippen LogP contribution in [0, 0.1) is 0 Å². The van der Waals surface area contributed by atoms with Gasteiger partial charge >= 0.3 is 0 Å². The first-order chi connectivity index (χ1) is 12.3. The summed E-state index contributed by atoms with van der Waals surface area (Å²) in [5.41, 5.74) is 1.03. The molecule has 0 aromatic heterocycles. The lowest BCUT2D eigenvalue weighted by Gasteiger charge is -2.10. The van der Waals surface area contributed by atoms with Crippen LogP contribution in [-0.4, -0.2) is 26.2 Å². The number of benzene rings is 3. The Hall–Kier alpha value is -3.01. The minimum absolute atomic E-state index is 0.00871. The molecule has 0 aliphatic carbocycles. The zero-order valence-corrected chi connectivity index (χ0v) is 14.2. The summed E-state index contributed by atoms with van der Waals surface area (Å²) in [5, 5.41) is 5.17. The maximum Gasteiger partial charge on any atom is 0.224 e. The summed E-state index contributed by atoms with van der Waals surface area (Å²) in [5.74, 6) is 1.46. The quantitative estimate of drug-likeness (QED) is 0.671. The number of methoxy groups -OCH3 is 1. The molecule has 0 heterocycles. The number of carbonyl (C=O) groups excluding carboxylic acids is 1. The van der Waals surface area contributed by atoms with E-state index in [0.717, 1.165) is 27.8 Å².